The topological polar surface area (TPSA) is 57.6 Å². The van der Waals surface area contributed by atoms with Crippen LogP contribution in [0.2, 0.25) is 0 Å². The van der Waals surface area contributed by atoms with Crippen molar-refractivity contribution in [2.75, 3.05) is 4.90 Å². The Balaban J connectivity index is 2.03. The Morgan fingerprint density at radius 2 is 1.52 bits per heavy atom. The molecule has 3 aromatic rings. The van der Waals surface area contributed by atoms with E-state index in [1.807, 2.05) is 18.2 Å². The zero-order chi connectivity index (χ0) is 17.9. The van der Waals surface area contributed by atoms with Gasteiger partial charge in [0.05, 0.1) is 5.69 Å². The van der Waals surface area contributed by atoms with Crippen molar-refractivity contribution in [3.63, 3.8) is 0 Å². The summed E-state index contributed by atoms with van der Waals surface area (Å²) in [6.07, 6.45) is 0. The minimum absolute atomic E-state index is 0.113. The van der Waals surface area contributed by atoms with E-state index in [-0.39, 0.29) is 17.6 Å². The van der Waals surface area contributed by atoms with Gasteiger partial charge in [0.1, 0.15) is 5.75 Å². The average Bonchev–Trinajstić information content (AvgIpc) is 2.56. The SMILES string of the molecule is Cc1cc(O)cc(C)c1N1C(=O)c2cccc3c(Br)ccc(c23)C1=O. The lowest BCUT2D eigenvalue weighted by molar-refractivity contribution is 0.0893. The van der Waals surface area contributed by atoms with E-state index >= 15 is 0 Å². The normalized spacial score (nSPS) is 13.6. The first-order valence-electron chi connectivity index (χ1n) is 7.80. The predicted molar refractivity (Wildman–Crippen MR) is 100 cm³/mol. The number of carbonyl (C=O) groups is 2. The molecule has 3 aromatic carbocycles. The lowest BCUT2D eigenvalue weighted by atomic mass is 9.93. The van der Waals surface area contributed by atoms with E-state index < -0.39 is 0 Å². The first-order valence-corrected chi connectivity index (χ1v) is 8.59. The second-order valence-corrected chi connectivity index (χ2v) is 7.05. The molecule has 4 nitrogen and oxygen atoms in total. The van der Waals surface area contributed by atoms with Gasteiger partial charge in [-0.15, -0.1) is 0 Å². The fourth-order valence-corrected chi connectivity index (χ4v) is 4.01. The maximum absolute atomic E-state index is 13.1. The molecule has 0 bridgehead atoms. The van der Waals surface area contributed by atoms with Crippen molar-refractivity contribution in [2.24, 2.45) is 0 Å². The zero-order valence-corrected chi connectivity index (χ0v) is 15.2. The molecular formula is C20H14BrNO3. The number of aryl methyl sites for hydroxylation is 2. The number of nitrogens with zero attached hydrogens (tertiary/aromatic N) is 1. The van der Waals surface area contributed by atoms with Crippen LogP contribution in [-0.2, 0) is 0 Å². The summed E-state index contributed by atoms with van der Waals surface area (Å²) in [4.78, 5) is 27.5. The van der Waals surface area contributed by atoms with E-state index in [2.05, 4.69) is 15.9 Å². The fraction of sp³-hybridized carbons (Fsp3) is 0.100. The first kappa shape index (κ1) is 15.8. The maximum atomic E-state index is 13.1. The Kier molecular flexibility index (Phi) is 3.44. The van der Waals surface area contributed by atoms with Gasteiger partial charge in [0, 0.05) is 21.0 Å². The second kappa shape index (κ2) is 5.43. The van der Waals surface area contributed by atoms with Crippen molar-refractivity contribution in [1.82, 2.24) is 0 Å². The van der Waals surface area contributed by atoms with Gasteiger partial charge in [0.2, 0.25) is 0 Å². The highest BCUT2D eigenvalue weighted by atomic mass is 79.9. The molecule has 25 heavy (non-hydrogen) atoms. The van der Waals surface area contributed by atoms with Gasteiger partial charge in [-0.05, 0) is 60.7 Å². The molecule has 0 unspecified atom stereocenters. The molecule has 0 spiro atoms. The fourth-order valence-electron chi connectivity index (χ4n) is 3.55. The van der Waals surface area contributed by atoms with E-state index in [0.717, 1.165) is 9.86 Å². The highest BCUT2D eigenvalue weighted by Gasteiger charge is 2.35. The van der Waals surface area contributed by atoms with Gasteiger partial charge in [-0.3, -0.25) is 9.59 Å². The maximum Gasteiger partial charge on any atom is 0.266 e. The molecule has 0 fully saturated rings. The highest BCUT2D eigenvalue weighted by molar-refractivity contribution is 9.10. The van der Waals surface area contributed by atoms with E-state index in [0.29, 0.717) is 33.3 Å². The average molecular weight is 396 g/mol. The molecule has 0 aromatic heterocycles. The highest BCUT2D eigenvalue weighted by Crippen LogP contribution is 2.38. The molecule has 0 aliphatic carbocycles. The van der Waals surface area contributed by atoms with Crippen LogP contribution in [-0.4, -0.2) is 16.9 Å². The molecule has 5 heteroatoms. The van der Waals surface area contributed by atoms with E-state index in [1.165, 1.54) is 4.90 Å². The Labute approximate surface area is 152 Å². The molecular weight excluding hydrogens is 382 g/mol. The van der Waals surface area contributed by atoms with Crippen LogP contribution in [0.15, 0.2) is 46.9 Å². The number of aromatic hydroxyl groups is 1. The molecule has 0 saturated heterocycles. The molecule has 124 valence electrons. The lowest BCUT2D eigenvalue weighted by Gasteiger charge is -2.29. The van der Waals surface area contributed by atoms with Crippen molar-refractivity contribution in [3.8, 4) is 5.75 Å². The van der Waals surface area contributed by atoms with Crippen LogP contribution in [0, 0.1) is 13.8 Å². The predicted octanol–water partition coefficient (Wildman–Crippen LogP) is 4.73. The van der Waals surface area contributed by atoms with Gasteiger partial charge >= 0.3 is 0 Å². The number of anilines is 1. The van der Waals surface area contributed by atoms with Crippen molar-refractivity contribution in [3.05, 3.63) is 69.2 Å². The van der Waals surface area contributed by atoms with Crippen LogP contribution >= 0.6 is 15.9 Å². The van der Waals surface area contributed by atoms with Crippen LogP contribution in [0.3, 0.4) is 0 Å². The summed E-state index contributed by atoms with van der Waals surface area (Å²) < 4.78 is 0.846. The summed E-state index contributed by atoms with van der Waals surface area (Å²) in [7, 11) is 0. The first-order chi connectivity index (χ1) is 11.9. The molecule has 0 atom stereocenters. The quantitative estimate of drug-likeness (QED) is 0.606. The number of rotatable bonds is 1. The lowest BCUT2D eigenvalue weighted by Crippen LogP contribution is -2.41. The van der Waals surface area contributed by atoms with Crippen LogP contribution < -0.4 is 4.90 Å². The Hall–Kier alpha value is -2.66. The number of amides is 2. The minimum atomic E-state index is -0.349. The monoisotopic (exact) mass is 395 g/mol. The van der Waals surface area contributed by atoms with Gasteiger partial charge < -0.3 is 5.11 Å². The minimum Gasteiger partial charge on any atom is -0.508 e. The Bertz CT molecular complexity index is 1040. The van der Waals surface area contributed by atoms with Crippen molar-refractivity contribution < 1.29 is 14.7 Å². The van der Waals surface area contributed by atoms with Crippen molar-refractivity contribution >= 4 is 44.2 Å². The molecule has 1 aliphatic heterocycles. The number of carbonyl (C=O) groups excluding carboxylic acids is 2. The van der Waals surface area contributed by atoms with Gasteiger partial charge in [-0.2, -0.15) is 0 Å². The molecule has 4 rings (SSSR count). The number of phenolic OH excluding ortho intramolecular Hbond substituents is 1. The third-order valence-electron chi connectivity index (χ3n) is 4.55. The zero-order valence-electron chi connectivity index (χ0n) is 13.6. The van der Waals surface area contributed by atoms with Gasteiger partial charge in [0.15, 0.2) is 0 Å². The summed E-state index contributed by atoms with van der Waals surface area (Å²) in [5, 5.41) is 11.3. The summed E-state index contributed by atoms with van der Waals surface area (Å²) in [5.41, 5.74) is 2.87. The molecule has 1 N–H and O–H groups in total. The third kappa shape index (κ3) is 2.19. The Morgan fingerprint density at radius 1 is 0.920 bits per heavy atom. The van der Waals surface area contributed by atoms with E-state index in [4.69, 9.17) is 0 Å². The van der Waals surface area contributed by atoms with Gasteiger partial charge in [-0.25, -0.2) is 4.90 Å². The largest absolute Gasteiger partial charge is 0.508 e. The number of phenols is 1. The standard InChI is InChI=1S/C20H14BrNO3/c1-10-8-12(23)9-11(2)18(10)22-19(24)14-5-3-4-13-16(21)7-6-15(17(13)14)20(22)25/h3-9,23H,1-2H3. The number of halogens is 1. The summed E-state index contributed by atoms with van der Waals surface area (Å²) in [6.45, 7) is 3.56. The summed E-state index contributed by atoms with van der Waals surface area (Å²) in [6, 6.07) is 12.1. The molecule has 1 heterocycles. The smallest absolute Gasteiger partial charge is 0.266 e. The number of hydrogen-bond acceptors (Lipinski definition) is 3. The molecule has 0 saturated carbocycles. The van der Waals surface area contributed by atoms with Gasteiger partial charge in [0.25, 0.3) is 11.8 Å². The second-order valence-electron chi connectivity index (χ2n) is 6.20. The van der Waals surface area contributed by atoms with Gasteiger partial charge in [-0.1, -0.05) is 28.1 Å². The molecule has 1 aliphatic rings. The van der Waals surface area contributed by atoms with Crippen LogP contribution in [0.5, 0.6) is 5.75 Å². The number of imide groups is 1. The van der Waals surface area contributed by atoms with Crippen LogP contribution in [0.4, 0.5) is 5.69 Å². The van der Waals surface area contributed by atoms with Crippen LogP contribution in [0.25, 0.3) is 10.8 Å². The van der Waals surface area contributed by atoms with Crippen molar-refractivity contribution in [1.29, 1.82) is 0 Å². The Morgan fingerprint density at radius 3 is 2.16 bits per heavy atom. The third-order valence-corrected chi connectivity index (χ3v) is 5.25. The molecule has 2 amide bonds. The van der Waals surface area contributed by atoms with E-state index in [9.17, 15) is 14.7 Å². The summed E-state index contributed by atoms with van der Waals surface area (Å²) in [5.74, 6) is -0.585. The van der Waals surface area contributed by atoms with Crippen molar-refractivity contribution in [2.45, 2.75) is 13.8 Å². The van der Waals surface area contributed by atoms with Crippen LogP contribution in [0.1, 0.15) is 31.8 Å². The number of hydrogen-bond donors (Lipinski definition) is 1. The number of benzene rings is 3. The molecule has 0 radical (unpaired) electrons. The summed E-state index contributed by atoms with van der Waals surface area (Å²) >= 11 is 3.49. The van der Waals surface area contributed by atoms with E-state index in [1.54, 1.807) is 38.1 Å².